The lowest BCUT2D eigenvalue weighted by atomic mass is 10.2. The summed E-state index contributed by atoms with van der Waals surface area (Å²) in [4.78, 5) is 3.62. The quantitative estimate of drug-likeness (QED) is 0.657. The SMILES string of the molecule is FC(F)(F)c1cnc(Oc2ccc(-c3csnn3)cc2)c(Cl)c1. The number of nitrogens with zero attached hydrogens (tertiary/aromatic N) is 3. The van der Waals surface area contributed by atoms with Gasteiger partial charge in [-0.05, 0) is 41.9 Å². The van der Waals surface area contributed by atoms with E-state index in [0.717, 1.165) is 17.3 Å². The third-order valence-corrected chi connectivity index (χ3v) is 3.63. The second-order valence-corrected chi connectivity index (χ2v) is 5.44. The van der Waals surface area contributed by atoms with Gasteiger partial charge < -0.3 is 4.74 Å². The van der Waals surface area contributed by atoms with E-state index in [9.17, 15) is 13.2 Å². The number of halogens is 4. The summed E-state index contributed by atoms with van der Waals surface area (Å²) in [6.45, 7) is 0. The van der Waals surface area contributed by atoms with E-state index in [1.165, 1.54) is 11.5 Å². The lowest BCUT2D eigenvalue weighted by Gasteiger charge is -2.10. The summed E-state index contributed by atoms with van der Waals surface area (Å²) in [5, 5.41) is 5.52. The monoisotopic (exact) mass is 357 g/mol. The van der Waals surface area contributed by atoms with E-state index in [1.807, 2.05) is 0 Å². The molecule has 118 valence electrons. The molecule has 23 heavy (non-hydrogen) atoms. The van der Waals surface area contributed by atoms with Crippen LogP contribution in [-0.2, 0) is 6.18 Å². The Kier molecular flexibility index (Phi) is 4.18. The van der Waals surface area contributed by atoms with E-state index in [2.05, 4.69) is 14.6 Å². The number of ether oxygens (including phenoxy) is 1. The molecule has 0 fully saturated rings. The van der Waals surface area contributed by atoms with Crippen LogP contribution in [0.5, 0.6) is 11.6 Å². The Morgan fingerprint density at radius 1 is 1.13 bits per heavy atom. The highest BCUT2D eigenvalue weighted by Crippen LogP contribution is 2.34. The molecule has 0 atom stereocenters. The minimum Gasteiger partial charge on any atom is -0.438 e. The van der Waals surface area contributed by atoms with Gasteiger partial charge in [0.15, 0.2) is 0 Å². The Morgan fingerprint density at radius 3 is 2.43 bits per heavy atom. The molecule has 9 heteroatoms. The molecule has 0 N–H and O–H groups in total. The maximum atomic E-state index is 12.6. The van der Waals surface area contributed by atoms with Crippen LogP contribution in [0.2, 0.25) is 5.02 Å². The third-order valence-electron chi connectivity index (χ3n) is 2.86. The number of hydrogen-bond acceptors (Lipinski definition) is 5. The second kappa shape index (κ2) is 6.13. The molecule has 2 heterocycles. The van der Waals surface area contributed by atoms with Crippen molar-refractivity contribution in [3.8, 4) is 22.9 Å². The van der Waals surface area contributed by atoms with Gasteiger partial charge in [-0.3, -0.25) is 0 Å². The van der Waals surface area contributed by atoms with Crippen molar-refractivity contribution >= 4 is 23.1 Å². The van der Waals surface area contributed by atoms with Crippen molar-refractivity contribution in [3.63, 3.8) is 0 Å². The van der Waals surface area contributed by atoms with Gasteiger partial charge in [-0.2, -0.15) is 13.2 Å². The fraction of sp³-hybridized carbons (Fsp3) is 0.0714. The smallest absolute Gasteiger partial charge is 0.417 e. The Hall–Kier alpha value is -2.19. The van der Waals surface area contributed by atoms with Gasteiger partial charge in [-0.1, -0.05) is 16.1 Å². The molecular weight excluding hydrogens is 351 g/mol. The number of pyridine rings is 1. The molecule has 0 aliphatic heterocycles. The number of alkyl halides is 3. The van der Waals surface area contributed by atoms with Gasteiger partial charge >= 0.3 is 6.18 Å². The summed E-state index contributed by atoms with van der Waals surface area (Å²) in [5.41, 5.74) is 0.644. The number of aromatic nitrogens is 3. The van der Waals surface area contributed by atoms with Crippen molar-refractivity contribution in [3.05, 3.63) is 52.5 Å². The summed E-state index contributed by atoms with van der Waals surface area (Å²) in [6, 6.07) is 7.57. The predicted molar refractivity (Wildman–Crippen MR) is 79.7 cm³/mol. The molecule has 0 bridgehead atoms. The first-order valence-corrected chi connectivity index (χ1v) is 7.43. The first-order chi connectivity index (χ1) is 10.9. The molecule has 0 saturated carbocycles. The highest BCUT2D eigenvalue weighted by molar-refractivity contribution is 7.03. The summed E-state index contributed by atoms with van der Waals surface area (Å²) in [5.74, 6) is 0.300. The zero-order valence-corrected chi connectivity index (χ0v) is 12.8. The van der Waals surface area contributed by atoms with Gasteiger partial charge in [0, 0.05) is 17.1 Å². The molecule has 0 saturated heterocycles. The average Bonchev–Trinajstić information content (AvgIpc) is 3.03. The largest absolute Gasteiger partial charge is 0.438 e. The van der Waals surface area contributed by atoms with Crippen LogP contribution in [0.4, 0.5) is 13.2 Å². The van der Waals surface area contributed by atoms with E-state index in [0.29, 0.717) is 11.9 Å². The van der Waals surface area contributed by atoms with Crippen LogP contribution in [-0.4, -0.2) is 14.6 Å². The van der Waals surface area contributed by atoms with E-state index < -0.39 is 11.7 Å². The summed E-state index contributed by atoms with van der Waals surface area (Å²) < 4.78 is 46.8. The standard InChI is InChI=1S/C14H7ClF3N3OS/c15-11-5-9(14(16,17)18)6-19-13(11)22-10-3-1-8(2-4-10)12-7-23-21-20-12/h1-7H. The van der Waals surface area contributed by atoms with E-state index in [4.69, 9.17) is 16.3 Å². The Labute approximate surface area is 137 Å². The maximum absolute atomic E-state index is 12.6. The molecule has 0 unspecified atom stereocenters. The minimum atomic E-state index is -4.50. The topological polar surface area (TPSA) is 47.9 Å². The molecule has 4 nitrogen and oxygen atoms in total. The van der Waals surface area contributed by atoms with Crippen LogP contribution in [0.15, 0.2) is 41.9 Å². The van der Waals surface area contributed by atoms with Crippen LogP contribution in [0.3, 0.4) is 0 Å². The van der Waals surface area contributed by atoms with E-state index in [-0.39, 0.29) is 10.9 Å². The Morgan fingerprint density at radius 2 is 1.87 bits per heavy atom. The van der Waals surface area contributed by atoms with Gasteiger partial charge in [0.2, 0.25) is 5.88 Å². The van der Waals surface area contributed by atoms with Crippen LogP contribution < -0.4 is 4.74 Å². The predicted octanol–water partition coefficient (Wildman–Crippen LogP) is 5.06. The van der Waals surface area contributed by atoms with Crippen molar-refractivity contribution in [2.75, 3.05) is 0 Å². The van der Waals surface area contributed by atoms with Crippen molar-refractivity contribution in [1.29, 1.82) is 0 Å². The Balaban J connectivity index is 1.79. The Bertz CT molecular complexity index is 807. The fourth-order valence-electron chi connectivity index (χ4n) is 1.75. The third kappa shape index (κ3) is 3.59. The number of rotatable bonds is 3. The number of hydrogen-bond donors (Lipinski definition) is 0. The van der Waals surface area contributed by atoms with Crippen LogP contribution in [0, 0.1) is 0 Å². The zero-order chi connectivity index (χ0) is 16.4. The zero-order valence-electron chi connectivity index (χ0n) is 11.2. The molecule has 0 amide bonds. The molecular formula is C14H7ClF3N3OS. The minimum absolute atomic E-state index is 0.0947. The lowest BCUT2D eigenvalue weighted by Crippen LogP contribution is -2.05. The molecule has 0 spiro atoms. The lowest BCUT2D eigenvalue weighted by molar-refractivity contribution is -0.137. The highest BCUT2D eigenvalue weighted by Gasteiger charge is 2.31. The van der Waals surface area contributed by atoms with Crippen molar-refractivity contribution in [2.24, 2.45) is 0 Å². The van der Waals surface area contributed by atoms with Crippen molar-refractivity contribution < 1.29 is 17.9 Å². The molecule has 1 aromatic carbocycles. The molecule has 2 aromatic heterocycles. The maximum Gasteiger partial charge on any atom is 0.417 e. The second-order valence-electron chi connectivity index (χ2n) is 4.43. The van der Waals surface area contributed by atoms with E-state index in [1.54, 1.807) is 29.6 Å². The summed E-state index contributed by atoms with van der Waals surface area (Å²) >= 11 is 7.03. The van der Waals surface area contributed by atoms with Crippen LogP contribution in [0.1, 0.15) is 5.56 Å². The first kappa shape index (κ1) is 15.7. The summed E-state index contributed by atoms with van der Waals surface area (Å²) in [6.07, 6.45) is -3.82. The molecule has 3 rings (SSSR count). The molecule has 0 aliphatic carbocycles. The summed E-state index contributed by atoms with van der Waals surface area (Å²) in [7, 11) is 0. The van der Waals surface area contributed by atoms with Crippen molar-refractivity contribution in [2.45, 2.75) is 6.18 Å². The fourth-order valence-corrected chi connectivity index (χ4v) is 2.42. The van der Waals surface area contributed by atoms with E-state index >= 15 is 0 Å². The van der Waals surface area contributed by atoms with Crippen molar-refractivity contribution in [1.82, 2.24) is 14.6 Å². The van der Waals surface area contributed by atoms with Gasteiger partial charge in [-0.15, -0.1) is 5.10 Å². The highest BCUT2D eigenvalue weighted by atomic mass is 35.5. The molecule has 0 radical (unpaired) electrons. The van der Waals surface area contributed by atoms with Crippen LogP contribution in [0.25, 0.3) is 11.3 Å². The van der Waals surface area contributed by atoms with Gasteiger partial charge in [-0.25, -0.2) is 4.98 Å². The van der Waals surface area contributed by atoms with Gasteiger partial charge in [0.25, 0.3) is 0 Å². The average molecular weight is 358 g/mol. The first-order valence-electron chi connectivity index (χ1n) is 6.21. The molecule has 0 aliphatic rings. The van der Waals surface area contributed by atoms with Gasteiger partial charge in [0.05, 0.1) is 5.56 Å². The van der Waals surface area contributed by atoms with Gasteiger partial charge in [0.1, 0.15) is 16.5 Å². The van der Waals surface area contributed by atoms with Crippen LogP contribution >= 0.6 is 23.1 Å². The molecule has 3 aromatic rings. The number of benzene rings is 1. The normalized spacial score (nSPS) is 11.5.